The van der Waals surface area contributed by atoms with E-state index >= 15 is 0 Å². The van der Waals surface area contributed by atoms with Gasteiger partial charge in [-0.25, -0.2) is 0 Å². The van der Waals surface area contributed by atoms with Gasteiger partial charge < -0.3 is 9.64 Å². The molecule has 0 aliphatic heterocycles. The summed E-state index contributed by atoms with van der Waals surface area (Å²) in [5.74, 6) is -0.153. The number of esters is 1. The van der Waals surface area contributed by atoms with Crippen LogP contribution < -0.4 is 0 Å². The molecule has 0 fully saturated rings. The number of nitrogens with zero attached hydrogens (tertiary/aromatic N) is 1. The molecule has 0 bridgehead atoms. The Hall–Kier alpha value is -0.570. The first kappa shape index (κ1) is 12.4. The topological polar surface area (TPSA) is 29.5 Å². The lowest BCUT2D eigenvalue weighted by Crippen LogP contribution is -2.40. The SMILES string of the molecule is COC(=O)C(C)(C)CN(C)C(C)C. The molecule has 0 spiro atoms. The zero-order valence-electron chi connectivity index (χ0n) is 9.55. The first-order valence-corrected chi connectivity index (χ1v) is 4.60. The minimum absolute atomic E-state index is 0.153. The first-order chi connectivity index (χ1) is 5.81. The second kappa shape index (κ2) is 4.61. The average Bonchev–Trinajstić information content (AvgIpc) is 2.01. The van der Waals surface area contributed by atoms with Crippen molar-refractivity contribution in [3.63, 3.8) is 0 Å². The van der Waals surface area contributed by atoms with Crippen LogP contribution in [-0.2, 0) is 9.53 Å². The minimum atomic E-state index is -0.423. The van der Waals surface area contributed by atoms with Crippen LogP contribution in [0.4, 0.5) is 0 Å². The van der Waals surface area contributed by atoms with E-state index in [2.05, 4.69) is 18.7 Å². The summed E-state index contributed by atoms with van der Waals surface area (Å²) in [6.07, 6.45) is 0. The van der Waals surface area contributed by atoms with Gasteiger partial charge in [0.1, 0.15) is 0 Å². The number of hydrogen-bond acceptors (Lipinski definition) is 3. The monoisotopic (exact) mass is 187 g/mol. The van der Waals surface area contributed by atoms with Gasteiger partial charge in [0, 0.05) is 12.6 Å². The molecule has 13 heavy (non-hydrogen) atoms. The molecule has 0 saturated heterocycles. The smallest absolute Gasteiger partial charge is 0.312 e. The molecule has 0 rings (SSSR count). The van der Waals surface area contributed by atoms with E-state index in [1.807, 2.05) is 20.9 Å². The number of rotatable bonds is 4. The maximum Gasteiger partial charge on any atom is 0.312 e. The molecule has 3 heteroatoms. The van der Waals surface area contributed by atoms with Gasteiger partial charge in [0.2, 0.25) is 0 Å². The number of hydrogen-bond donors (Lipinski definition) is 0. The summed E-state index contributed by atoms with van der Waals surface area (Å²) in [6, 6.07) is 0.448. The zero-order valence-corrected chi connectivity index (χ0v) is 9.55. The standard InChI is InChI=1S/C10H21NO2/c1-8(2)11(5)7-10(3,4)9(12)13-6/h8H,7H2,1-6H3. The molecule has 0 unspecified atom stereocenters. The molecule has 78 valence electrons. The number of methoxy groups -OCH3 is 1. The molecular weight excluding hydrogens is 166 g/mol. The largest absolute Gasteiger partial charge is 0.469 e. The summed E-state index contributed by atoms with van der Waals surface area (Å²) in [4.78, 5) is 13.5. The predicted octanol–water partition coefficient (Wildman–Crippen LogP) is 1.53. The van der Waals surface area contributed by atoms with Gasteiger partial charge >= 0.3 is 5.97 Å². The van der Waals surface area contributed by atoms with Crippen LogP contribution in [0.1, 0.15) is 27.7 Å². The summed E-state index contributed by atoms with van der Waals surface area (Å²) in [5, 5.41) is 0. The Balaban J connectivity index is 4.24. The van der Waals surface area contributed by atoms with Crippen molar-refractivity contribution < 1.29 is 9.53 Å². The van der Waals surface area contributed by atoms with Crippen molar-refractivity contribution in [2.75, 3.05) is 20.7 Å². The maximum absolute atomic E-state index is 11.3. The summed E-state index contributed by atoms with van der Waals surface area (Å²) in [6.45, 7) is 8.73. The van der Waals surface area contributed by atoms with E-state index in [4.69, 9.17) is 4.74 Å². The minimum Gasteiger partial charge on any atom is -0.469 e. The summed E-state index contributed by atoms with van der Waals surface area (Å²) >= 11 is 0. The molecule has 0 saturated carbocycles. The first-order valence-electron chi connectivity index (χ1n) is 4.60. The maximum atomic E-state index is 11.3. The van der Waals surface area contributed by atoms with Crippen LogP contribution in [-0.4, -0.2) is 37.6 Å². The molecule has 0 aliphatic rings. The second-order valence-electron chi connectivity index (χ2n) is 4.38. The van der Waals surface area contributed by atoms with E-state index in [0.717, 1.165) is 6.54 Å². The van der Waals surface area contributed by atoms with Crippen LogP contribution in [0, 0.1) is 5.41 Å². The number of carbonyl (C=O) groups is 1. The van der Waals surface area contributed by atoms with Gasteiger partial charge in [-0.1, -0.05) is 0 Å². The normalized spacial score (nSPS) is 12.3. The molecule has 0 atom stereocenters. The zero-order chi connectivity index (χ0) is 10.6. The highest BCUT2D eigenvalue weighted by atomic mass is 16.5. The van der Waals surface area contributed by atoms with Gasteiger partial charge in [-0.2, -0.15) is 0 Å². The van der Waals surface area contributed by atoms with E-state index in [1.54, 1.807) is 0 Å². The third-order valence-corrected chi connectivity index (χ3v) is 2.26. The lowest BCUT2D eigenvalue weighted by molar-refractivity contribution is -0.151. The van der Waals surface area contributed by atoms with Crippen molar-refractivity contribution in [1.82, 2.24) is 4.90 Å². The fraction of sp³-hybridized carbons (Fsp3) is 0.900. The predicted molar refractivity (Wildman–Crippen MR) is 53.6 cm³/mol. The Morgan fingerprint density at radius 1 is 1.46 bits per heavy atom. The highest BCUT2D eigenvalue weighted by molar-refractivity contribution is 5.76. The lowest BCUT2D eigenvalue weighted by atomic mass is 9.93. The molecular formula is C10H21NO2. The molecule has 0 aromatic heterocycles. The van der Waals surface area contributed by atoms with Gasteiger partial charge in [-0.3, -0.25) is 4.79 Å². The van der Waals surface area contributed by atoms with Crippen LogP contribution >= 0.6 is 0 Å². The van der Waals surface area contributed by atoms with E-state index in [0.29, 0.717) is 6.04 Å². The van der Waals surface area contributed by atoms with Crippen molar-refractivity contribution in [1.29, 1.82) is 0 Å². The molecule has 0 amide bonds. The molecule has 0 aliphatic carbocycles. The van der Waals surface area contributed by atoms with Crippen molar-refractivity contribution in [2.24, 2.45) is 5.41 Å². The fourth-order valence-electron chi connectivity index (χ4n) is 1.15. The quantitative estimate of drug-likeness (QED) is 0.625. The Labute approximate surface area is 81.1 Å². The Morgan fingerprint density at radius 3 is 2.23 bits per heavy atom. The van der Waals surface area contributed by atoms with E-state index in [9.17, 15) is 4.79 Å². The Morgan fingerprint density at radius 2 is 1.92 bits per heavy atom. The second-order valence-corrected chi connectivity index (χ2v) is 4.38. The van der Waals surface area contributed by atoms with Crippen LogP contribution in [0.25, 0.3) is 0 Å². The summed E-state index contributed by atoms with van der Waals surface area (Å²) < 4.78 is 4.73. The third kappa shape index (κ3) is 3.77. The van der Waals surface area contributed by atoms with Gasteiger partial charge in [-0.05, 0) is 34.7 Å². The highest BCUT2D eigenvalue weighted by Crippen LogP contribution is 2.19. The van der Waals surface area contributed by atoms with Gasteiger partial charge in [0.25, 0.3) is 0 Å². The number of ether oxygens (including phenoxy) is 1. The van der Waals surface area contributed by atoms with Crippen molar-refractivity contribution in [3.05, 3.63) is 0 Å². The summed E-state index contributed by atoms with van der Waals surface area (Å²) in [7, 11) is 3.44. The Bertz CT molecular complexity index is 176. The van der Waals surface area contributed by atoms with Crippen LogP contribution in [0.5, 0.6) is 0 Å². The lowest BCUT2D eigenvalue weighted by Gasteiger charge is -2.30. The van der Waals surface area contributed by atoms with Crippen LogP contribution in [0.2, 0.25) is 0 Å². The highest BCUT2D eigenvalue weighted by Gasteiger charge is 2.30. The summed E-state index contributed by atoms with van der Waals surface area (Å²) in [5.41, 5.74) is -0.423. The number of carbonyl (C=O) groups excluding carboxylic acids is 1. The molecule has 0 N–H and O–H groups in total. The van der Waals surface area contributed by atoms with E-state index in [1.165, 1.54) is 7.11 Å². The molecule has 3 nitrogen and oxygen atoms in total. The van der Waals surface area contributed by atoms with E-state index < -0.39 is 5.41 Å². The molecule has 0 heterocycles. The van der Waals surface area contributed by atoms with Gasteiger partial charge in [0.05, 0.1) is 12.5 Å². The van der Waals surface area contributed by atoms with Crippen LogP contribution in [0.15, 0.2) is 0 Å². The van der Waals surface area contributed by atoms with Gasteiger partial charge in [0.15, 0.2) is 0 Å². The average molecular weight is 187 g/mol. The van der Waals surface area contributed by atoms with Crippen LogP contribution in [0.3, 0.4) is 0 Å². The fourth-order valence-corrected chi connectivity index (χ4v) is 1.15. The van der Waals surface area contributed by atoms with Crippen molar-refractivity contribution in [2.45, 2.75) is 33.7 Å². The third-order valence-electron chi connectivity index (χ3n) is 2.26. The Kier molecular flexibility index (Phi) is 4.40. The van der Waals surface area contributed by atoms with Crippen molar-refractivity contribution >= 4 is 5.97 Å². The molecule has 0 radical (unpaired) electrons. The van der Waals surface area contributed by atoms with E-state index in [-0.39, 0.29) is 5.97 Å². The van der Waals surface area contributed by atoms with Crippen molar-refractivity contribution in [3.8, 4) is 0 Å². The van der Waals surface area contributed by atoms with Gasteiger partial charge in [-0.15, -0.1) is 0 Å². The molecule has 0 aromatic carbocycles. The molecule has 0 aromatic rings.